The van der Waals surface area contributed by atoms with E-state index in [9.17, 15) is 4.79 Å². The number of aliphatic hydroxyl groups is 1. The Hall–Kier alpha value is -0.610. The molecule has 54 valence electrons. The van der Waals surface area contributed by atoms with Gasteiger partial charge in [0.1, 0.15) is 0 Å². The molecule has 2 atom stereocenters. The van der Waals surface area contributed by atoms with Crippen LogP contribution in [0.5, 0.6) is 0 Å². The Morgan fingerprint density at radius 1 is 1.78 bits per heavy atom. The van der Waals surface area contributed by atoms with E-state index in [1.54, 1.807) is 6.92 Å². The molecule has 0 aliphatic rings. The van der Waals surface area contributed by atoms with E-state index in [0.717, 1.165) is 0 Å². The van der Waals surface area contributed by atoms with E-state index in [0.29, 0.717) is 0 Å². The zero-order valence-electron chi connectivity index (χ0n) is 5.24. The molecule has 0 bridgehead atoms. The van der Waals surface area contributed by atoms with Crippen LogP contribution in [0.25, 0.3) is 0 Å². The fraction of sp³-hybridized carbons (Fsp3) is 0.800. The predicted molar refractivity (Wildman–Crippen MR) is 31.9 cm³/mol. The Morgan fingerprint density at radius 3 is 2.22 bits per heavy atom. The van der Waals surface area contributed by atoms with Gasteiger partial charge < -0.3 is 15.9 Å². The maximum absolute atomic E-state index is 10.1. The molecule has 4 nitrogen and oxygen atoms in total. The van der Waals surface area contributed by atoms with E-state index in [-0.39, 0.29) is 0 Å². The van der Waals surface area contributed by atoms with Gasteiger partial charge in [-0.25, -0.2) is 0 Å². The SMILES string of the molecule is CC(N)[C@H](CO)C(=O)O. The summed E-state index contributed by atoms with van der Waals surface area (Å²) in [6.07, 6.45) is 0. The number of nitrogens with two attached hydrogens (primary N) is 1. The molecule has 0 saturated carbocycles. The summed E-state index contributed by atoms with van der Waals surface area (Å²) >= 11 is 0. The Labute approximate surface area is 53.3 Å². The molecule has 0 aromatic heterocycles. The first-order chi connectivity index (χ1) is 4.09. The Kier molecular flexibility index (Phi) is 3.19. The van der Waals surface area contributed by atoms with Crippen LogP contribution in [0.1, 0.15) is 6.92 Å². The summed E-state index contributed by atoms with van der Waals surface area (Å²) in [6, 6.07) is -0.493. The summed E-state index contributed by atoms with van der Waals surface area (Å²) in [5.41, 5.74) is 5.21. The number of hydrogen-bond donors (Lipinski definition) is 3. The van der Waals surface area contributed by atoms with Gasteiger partial charge in [-0.05, 0) is 6.92 Å². The first-order valence-corrected chi connectivity index (χ1v) is 2.68. The van der Waals surface area contributed by atoms with Gasteiger partial charge >= 0.3 is 5.97 Å². The van der Waals surface area contributed by atoms with Gasteiger partial charge in [-0.3, -0.25) is 4.79 Å². The number of hydrogen-bond acceptors (Lipinski definition) is 3. The monoisotopic (exact) mass is 133 g/mol. The first-order valence-electron chi connectivity index (χ1n) is 2.68. The summed E-state index contributed by atoms with van der Waals surface area (Å²) in [4.78, 5) is 10.1. The number of carbonyl (C=O) groups is 1. The molecule has 0 aliphatic heterocycles. The third-order valence-corrected chi connectivity index (χ3v) is 1.15. The normalized spacial score (nSPS) is 16.8. The van der Waals surface area contributed by atoms with Crippen LogP contribution >= 0.6 is 0 Å². The topological polar surface area (TPSA) is 83.5 Å². The van der Waals surface area contributed by atoms with Crippen LogP contribution in [-0.4, -0.2) is 28.8 Å². The number of aliphatic hydroxyl groups excluding tert-OH is 1. The Morgan fingerprint density at radius 2 is 2.22 bits per heavy atom. The Bertz CT molecular complexity index is 102. The molecule has 0 rings (SSSR count). The van der Waals surface area contributed by atoms with Gasteiger partial charge in [-0.1, -0.05) is 0 Å². The van der Waals surface area contributed by atoms with Gasteiger partial charge in [0.15, 0.2) is 0 Å². The zero-order valence-corrected chi connectivity index (χ0v) is 5.24. The molecule has 0 spiro atoms. The van der Waals surface area contributed by atoms with E-state index in [1.165, 1.54) is 0 Å². The minimum absolute atomic E-state index is 0.396. The average Bonchev–Trinajstić information content (AvgIpc) is 1.64. The molecule has 0 amide bonds. The average molecular weight is 133 g/mol. The molecule has 0 aromatic rings. The van der Waals surface area contributed by atoms with E-state index in [4.69, 9.17) is 15.9 Å². The predicted octanol–water partition coefficient (Wildman–Crippen LogP) is -0.973. The van der Waals surface area contributed by atoms with Crippen molar-refractivity contribution in [2.75, 3.05) is 6.61 Å². The third kappa shape index (κ3) is 2.43. The number of rotatable bonds is 3. The van der Waals surface area contributed by atoms with Gasteiger partial charge in [-0.2, -0.15) is 0 Å². The lowest BCUT2D eigenvalue weighted by molar-refractivity contribution is -0.143. The second-order valence-corrected chi connectivity index (χ2v) is 1.99. The number of carboxylic acids is 1. The highest BCUT2D eigenvalue weighted by Crippen LogP contribution is 1.98. The second kappa shape index (κ2) is 3.42. The maximum Gasteiger partial charge on any atom is 0.310 e. The van der Waals surface area contributed by atoms with Crippen molar-refractivity contribution in [1.29, 1.82) is 0 Å². The fourth-order valence-electron chi connectivity index (χ4n) is 0.469. The Balaban J connectivity index is 3.83. The number of carboxylic acid groups (broad SMARTS) is 1. The highest BCUT2D eigenvalue weighted by Gasteiger charge is 2.19. The quantitative estimate of drug-likeness (QED) is 0.462. The van der Waals surface area contributed by atoms with Crippen LogP contribution in [0.3, 0.4) is 0 Å². The first kappa shape index (κ1) is 8.39. The lowest BCUT2D eigenvalue weighted by Gasteiger charge is -2.11. The maximum atomic E-state index is 10.1. The van der Waals surface area contributed by atoms with Gasteiger partial charge in [0, 0.05) is 6.04 Å². The van der Waals surface area contributed by atoms with Crippen molar-refractivity contribution in [2.24, 2.45) is 11.7 Å². The van der Waals surface area contributed by atoms with Crippen molar-refractivity contribution in [2.45, 2.75) is 13.0 Å². The van der Waals surface area contributed by atoms with Crippen LogP contribution in [-0.2, 0) is 4.79 Å². The van der Waals surface area contributed by atoms with Crippen molar-refractivity contribution >= 4 is 5.97 Å². The van der Waals surface area contributed by atoms with Gasteiger partial charge in [0.2, 0.25) is 0 Å². The van der Waals surface area contributed by atoms with Crippen LogP contribution < -0.4 is 5.73 Å². The highest BCUT2D eigenvalue weighted by molar-refractivity contribution is 5.70. The molecule has 1 unspecified atom stereocenters. The van der Waals surface area contributed by atoms with E-state index in [1.807, 2.05) is 0 Å². The van der Waals surface area contributed by atoms with Gasteiger partial charge in [0.25, 0.3) is 0 Å². The van der Waals surface area contributed by atoms with Crippen molar-refractivity contribution in [1.82, 2.24) is 0 Å². The molecular formula is C5H11NO3. The summed E-state index contributed by atoms with van der Waals surface area (Å²) in [5.74, 6) is -1.88. The van der Waals surface area contributed by atoms with Crippen LogP contribution in [0.15, 0.2) is 0 Å². The van der Waals surface area contributed by atoms with Crippen LogP contribution in [0, 0.1) is 5.92 Å². The van der Waals surface area contributed by atoms with Crippen molar-refractivity contribution < 1.29 is 15.0 Å². The number of aliphatic carboxylic acids is 1. The molecule has 4 heteroatoms. The lowest BCUT2D eigenvalue weighted by Crippen LogP contribution is -2.35. The van der Waals surface area contributed by atoms with Crippen molar-refractivity contribution in [3.63, 3.8) is 0 Å². The van der Waals surface area contributed by atoms with E-state index < -0.39 is 24.5 Å². The largest absolute Gasteiger partial charge is 0.481 e. The third-order valence-electron chi connectivity index (χ3n) is 1.15. The lowest BCUT2D eigenvalue weighted by atomic mass is 10.0. The van der Waals surface area contributed by atoms with Crippen molar-refractivity contribution in [3.8, 4) is 0 Å². The summed E-state index contributed by atoms with van der Waals surface area (Å²) in [7, 11) is 0. The second-order valence-electron chi connectivity index (χ2n) is 1.99. The van der Waals surface area contributed by atoms with E-state index in [2.05, 4.69) is 0 Å². The van der Waals surface area contributed by atoms with Gasteiger partial charge in [-0.15, -0.1) is 0 Å². The van der Waals surface area contributed by atoms with E-state index >= 15 is 0 Å². The molecule has 0 fully saturated rings. The van der Waals surface area contributed by atoms with Crippen LogP contribution in [0.4, 0.5) is 0 Å². The highest BCUT2D eigenvalue weighted by atomic mass is 16.4. The smallest absolute Gasteiger partial charge is 0.310 e. The summed E-state index contributed by atoms with van der Waals surface area (Å²) in [6.45, 7) is 1.15. The minimum atomic E-state index is -1.05. The standard InChI is InChI=1S/C5H11NO3/c1-3(6)4(2-7)5(8)9/h3-4,7H,2,6H2,1H3,(H,8,9)/t3?,4-/m0/s1. The molecular weight excluding hydrogens is 122 g/mol. The minimum Gasteiger partial charge on any atom is -0.481 e. The molecule has 0 aromatic carbocycles. The fourth-order valence-corrected chi connectivity index (χ4v) is 0.469. The summed E-state index contributed by atoms with van der Waals surface area (Å²) < 4.78 is 0. The van der Waals surface area contributed by atoms with Crippen molar-refractivity contribution in [3.05, 3.63) is 0 Å². The van der Waals surface area contributed by atoms with Crippen LogP contribution in [0.2, 0.25) is 0 Å². The molecule has 0 saturated heterocycles. The molecule has 0 aliphatic carbocycles. The summed E-state index contributed by atoms with van der Waals surface area (Å²) in [5, 5.41) is 16.7. The molecule has 9 heavy (non-hydrogen) atoms. The zero-order chi connectivity index (χ0) is 7.44. The molecule has 0 heterocycles. The molecule has 4 N–H and O–H groups in total. The molecule has 0 radical (unpaired) electrons. The van der Waals surface area contributed by atoms with Gasteiger partial charge in [0.05, 0.1) is 12.5 Å².